The van der Waals surface area contributed by atoms with Crippen LogP contribution in [-0.4, -0.2) is 21.1 Å². The maximum atomic E-state index is 12.1. The van der Waals surface area contributed by atoms with E-state index in [-0.39, 0.29) is 22.1 Å². The first kappa shape index (κ1) is 13.8. The molecule has 0 fully saturated rings. The fraction of sp³-hybridized carbons (Fsp3) is 0. The van der Waals surface area contributed by atoms with Crippen molar-refractivity contribution in [2.24, 2.45) is 5.73 Å². The second-order valence-electron chi connectivity index (χ2n) is 4.10. The second-order valence-corrected chi connectivity index (χ2v) is 4.54. The van der Waals surface area contributed by atoms with Gasteiger partial charge in [0.25, 0.3) is 5.91 Å². The van der Waals surface area contributed by atoms with E-state index in [1.165, 1.54) is 12.1 Å². The first-order chi connectivity index (χ1) is 9.47. The van der Waals surface area contributed by atoms with E-state index in [0.717, 1.165) is 6.07 Å². The van der Waals surface area contributed by atoms with Crippen LogP contribution in [0.3, 0.4) is 0 Å². The summed E-state index contributed by atoms with van der Waals surface area (Å²) in [6.07, 6.45) is 0. The van der Waals surface area contributed by atoms with Crippen LogP contribution in [0.15, 0.2) is 42.5 Å². The molecule has 5 nitrogen and oxygen atoms in total. The number of phenolic OH excluding ortho intramolecular Hbond substituents is 2. The molecule has 0 radical (unpaired) electrons. The number of hydrogen-bond donors (Lipinski definition) is 4. The molecular formula is C14H12N2O3S. The monoisotopic (exact) mass is 288 g/mol. The molecule has 0 atom stereocenters. The Kier molecular flexibility index (Phi) is 3.86. The molecule has 0 spiro atoms. The standard InChI is InChI=1S/C14H12N2O3S/c15-13(20)11-3-1-2-4-12(11)16-14(19)8-5-9(17)7-10(18)6-8/h1-7,17-18H,(H2,15,20)(H,16,19). The zero-order valence-electron chi connectivity index (χ0n) is 10.3. The molecule has 0 aliphatic rings. The lowest BCUT2D eigenvalue weighted by Crippen LogP contribution is -2.17. The number of amides is 1. The van der Waals surface area contributed by atoms with Gasteiger partial charge in [0.2, 0.25) is 0 Å². The predicted octanol–water partition coefficient (Wildman–Crippen LogP) is 1.98. The molecule has 0 aliphatic heterocycles. The van der Waals surface area contributed by atoms with Gasteiger partial charge in [-0.1, -0.05) is 24.4 Å². The lowest BCUT2D eigenvalue weighted by molar-refractivity contribution is 0.102. The SMILES string of the molecule is NC(=S)c1ccccc1NC(=O)c1cc(O)cc(O)c1. The Labute approximate surface area is 120 Å². The zero-order valence-corrected chi connectivity index (χ0v) is 11.1. The summed E-state index contributed by atoms with van der Waals surface area (Å²) in [6, 6.07) is 10.5. The fourth-order valence-electron chi connectivity index (χ4n) is 1.73. The van der Waals surface area contributed by atoms with E-state index in [4.69, 9.17) is 18.0 Å². The topological polar surface area (TPSA) is 95.6 Å². The van der Waals surface area contributed by atoms with Crippen molar-refractivity contribution in [2.75, 3.05) is 5.32 Å². The van der Waals surface area contributed by atoms with Crippen LogP contribution in [-0.2, 0) is 0 Å². The van der Waals surface area contributed by atoms with E-state index >= 15 is 0 Å². The largest absolute Gasteiger partial charge is 0.508 e. The molecule has 0 bridgehead atoms. The summed E-state index contributed by atoms with van der Waals surface area (Å²) in [4.78, 5) is 12.2. The molecule has 5 N–H and O–H groups in total. The number of nitrogens with one attached hydrogen (secondary N) is 1. The van der Waals surface area contributed by atoms with Crippen molar-refractivity contribution in [2.45, 2.75) is 0 Å². The Balaban J connectivity index is 2.30. The minimum atomic E-state index is -0.486. The van der Waals surface area contributed by atoms with Gasteiger partial charge in [-0.15, -0.1) is 0 Å². The molecule has 1 amide bonds. The van der Waals surface area contributed by atoms with Crippen molar-refractivity contribution in [3.63, 3.8) is 0 Å². The predicted molar refractivity (Wildman–Crippen MR) is 80.1 cm³/mol. The molecule has 2 rings (SSSR count). The molecule has 0 saturated carbocycles. The quantitative estimate of drug-likeness (QED) is 0.648. The summed E-state index contributed by atoms with van der Waals surface area (Å²) < 4.78 is 0. The highest BCUT2D eigenvalue weighted by Gasteiger charge is 2.11. The molecule has 0 aliphatic carbocycles. The molecule has 6 heteroatoms. The summed E-state index contributed by atoms with van der Waals surface area (Å²) in [5.74, 6) is -0.879. The Morgan fingerprint density at radius 2 is 1.70 bits per heavy atom. The van der Waals surface area contributed by atoms with Crippen LogP contribution in [0, 0.1) is 0 Å². The van der Waals surface area contributed by atoms with Crippen molar-refractivity contribution in [1.82, 2.24) is 0 Å². The van der Waals surface area contributed by atoms with E-state index in [2.05, 4.69) is 5.32 Å². The number of carbonyl (C=O) groups is 1. The minimum absolute atomic E-state index is 0.125. The van der Waals surface area contributed by atoms with E-state index in [1.807, 2.05) is 0 Å². The first-order valence-electron chi connectivity index (χ1n) is 5.70. The summed E-state index contributed by atoms with van der Waals surface area (Å²) in [7, 11) is 0. The molecule has 0 aromatic heterocycles. The Morgan fingerprint density at radius 3 is 2.30 bits per heavy atom. The van der Waals surface area contributed by atoms with E-state index in [9.17, 15) is 15.0 Å². The maximum absolute atomic E-state index is 12.1. The van der Waals surface area contributed by atoms with Crippen LogP contribution in [0.5, 0.6) is 11.5 Å². The van der Waals surface area contributed by atoms with Gasteiger partial charge >= 0.3 is 0 Å². The van der Waals surface area contributed by atoms with Crippen molar-refractivity contribution in [3.8, 4) is 11.5 Å². The van der Waals surface area contributed by atoms with Crippen LogP contribution in [0.4, 0.5) is 5.69 Å². The normalized spacial score (nSPS) is 10.0. The number of rotatable bonds is 3. The smallest absolute Gasteiger partial charge is 0.255 e. The first-order valence-corrected chi connectivity index (χ1v) is 6.11. The number of benzene rings is 2. The van der Waals surface area contributed by atoms with Gasteiger partial charge in [-0.05, 0) is 24.3 Å². The van der Waals surface area contributed by atoms with E-state index < -0.39 is 5.91 Å². The van der Waals surface area contributed by atoms with Gasteiger partial charge < -0.3 is 21.3 Å². The van der Waals surface area contributed by atoms with Crippen LogP contribution in [0.25, 0.3) is 0 Å². The number of anilines is 1. The van der Waals surface area contributed by atoms with Crippen molar-refractivity contribution in [1.29, 1.82) is 0 Å². The maximum Gasteiger partial charge on any atom is 0.255 e. The third-order valence-electron chi connectivity index (χ3n) is 2.61. The molecule has 2 aromatic rings. The van der Waals surface area contributed by atoms with Crippen LogP contribution >= 0.6 is 12.2 Å². The van der Waals surface area contributed by atoms with Gasteiger partial charge in [0.1, 0.15) is 16.5 Å². The number of aromatic hydroxyl groups is 2. The number of phenols is 2. The van der Waals surface area contributed by atoms with Gasteiger partial charge in [-0.25, -0.2) is 0 Å². The summed E-state index contributed by atoms with van der Waals surface area (Å²) >= 11 is 4.91. The summed E-state index contributed by atoms with van der Waals surface area (Å²) in [5.41, 5.74) is 6.71. The van der Waals surface area contributed by atoms with Gasteiger partial charge in [0.05, 0.1) is 5.69 Å². The molecule has 0 saturated heterocycles. The molecular weight excluding hydrogens is 276 g/mol. The average molecular weight is 288 g/mol. The van der Waals surface area contributed by atoms with Gasteiger partial charge in [-0.3, -0.25) is 4.79 Å². The molecule has 20 heavy (non-hydrogen) atoms. The summed E-state index contributed by atoms with van der Waals surface area (Å²) in [5, 5.41) is 21.4. The third-order valence-corrected chi connectivity index (χ3v) is 2.83. The highest BCUT2D eigenvalue weighted by Crippen LogP contribution is 2.22. The lowest BCUT2D eigenvalue weighted by atomic mass is 10.1. The van der Waals surface area contributed by atoms with Gasteiger partial charge in [-0.2, -0.15) is 0 Å². The van der Waals surface area contributed by atoms with Crippen LogP contribution in [0.1, 0.15) is 15.9 Å². The highest BCUT2D eigenvalue weighted by atomic mass is 32.1. The number of para-hydroxylation sites is 1. The van der Waals surface area contributed by atoms with Gasteiger partial charge in [0.15, 0.2) is 0 Å². The van der Waals surface area contributed by atoms with Crippen molar-refractivity contribution in [3.05, 3.63) is 53.6 Å². The second kappa shape index (κ2) is 5.58. The van der Waals surface area contributed by atoms with E-state index in [1.54, 1.807) is 24.3 Å². The zero-order chi connectivity index (χ0) is 14.7. The minimum Gasteiger partial charge on any atom is -0.508 e. The third kappa shape index (κ3) is 3.04. The summed E-state index contributed by atoms with van der Waals surface area (Å²) in [6.45, 7) is 0. The lowest BCUT2D eigenvalue weighted by Gasteiger charge is -2.10. The average Bonchev–Trinajstić information content (AvgIpc) is 2.37. The number of hydrogen-bond acceptors (Lipinski definition) is 4. The Bertz CT molecular complexity index is 666. The highest BCUT2D eigenvalue weighted by molar-refractivity contribution is 7.80. The van der Waals surface area contributed by atoms with Gasteiger partial charge in [0, 0.05) is 17.2 Å². The van der Waals surface area contributed by atoms with Crippen LogP contribution < -0.4 is 11.1 Å². The fourth-order valence-corrected chi connectivity index (χ4v) is 1.91. The van der Waals surface area contributed by atoms with E-state index in [0.29, 0.717) is 11.3 Å². The van der Waals surface area contributed by atoms with Crippen molar-refractivity contribution < 1.29 is 15.0 Å². The molecule has 102 valence electrons. The Morgan fingerprint density at radius 1 is 1.10 bits per heavy atom. The molecule has 2 aromatic carbocycles. The molecule has 0 unspecified atom stereocenters. The number of nitrogens with two attached hydrogens (primary N) is 1. The number of carbonyl (C=O) groups excluding carboxylic acids is 1. The number of thiocarbonyl (C=S) groups is 1. The molecule has 0 heterocycles. The Hall–Kier alpha value is -2.60. The van der Waals surface area contributed by atoms with Crippen LogP contribution in [0.2, 0.25) is 0 Å². The van der Waals surface area contributed by atoms with Crippen molar-refractivity contribution >= 4 is 28.8 Å².